The number of nitrogens with one attached hydrogen (secondary N) is 1. The van der Waals surface area contributed by atoms with Gasteiger partial charge in [-0.25, -0.2) is 0 Å². The van der Waals surface area contributed by atoms with Crippen LogP contribution >= 0.6 is 0 Å². The zero-order valence-corrected chi connectivity index (χ0v) is 15.1. The third-order valence-corrected chi connectivity index (χ3v) is 5.58. The monoisotopic (exact) mass is 353 g/mol. The number of hydrogen-bond acceptors (Lipinski definition) is 4. The van der Waals surface area contributed by atoms with Gasteiger partial charge in [0.2, 0.25) is 5.91 Å². The zero-order valence-electron chi connectivity index (χ0n) is 15.1. The van der Waals surface area contributed by atoms with E-state index in [0.717, 1.165) is 25.7 Å². The summed E-state index contributed by atoms with van der Waals surface area (Å²) >= 11 is 0. The van der Waals surface area contributed by atoms with E-state index < -0.39 is 11.8 Å². The molecule has 0 unspecified atom stereocenters. The molecule has 0 aliphatic heterocycles. The van der Waals surface area contributed by atoms with Crippen molar-refractivity contribution in [2.45, 2.75) is 25.7 Å². The van der Waals surface area contributed by atoms with E-state index in [1.807, 2.05) is 6.07 Å². The van der Waals surface area contributed by atoms with Crippen molar-refractivity contribution in [2.75, 3.05) is 19.4 Å². The van der Waals surface area contributed by atoms with E-state index in [1.54, 1.807) is 38.4 Å². The van der Waals surface area contributed by atoms with Crippen molar-refractivity contribution in [1.29, 1.82) is 5.26 Å². The van der Waals surface area contributed by atoms with Gasteiger partial charge in [-0.05, 0) is 55.4 Å². The first kappa shape index (κ1) is 18.1. The first-order chi connectivity index (χ1) is 12.4. The number of nitrogens with zero attached hydrogens (tertiary/aromatic N) is 2. The van der Waals surface area contributed by atoms with Crippen LogP contribution in [0, 0.1) is 35.0 Å². The van der Waals surface area contributed by atoms with Crippen LogP contribution in [0.3, 0.4) is 0 Å². The summed E-state index contributed by atoms with van der Waals surface area (Å²) in [5.41, 5.74) is 0.967. The summed E-state index contributed by atoms with van der Waals surface area (Å²) in [4.78, 5) is 38.5. The maximum Gasteiger partial charge on any atom is 0.253 e. The fourth-order valence-electron chi connectivity index (χ4n) is 4.23. The summed E-state index contributed by atoms with van der Waals surface area (Å²) in [6.45, 7) is 0. The Labute approximate surface area is 153 Å². The summed E-state index contributed by atoms with van der Waals surface area (Å²) < 4.78 is 0. The van der Waals surface area contributed by atoms with Gasteiger partial charge < -0.3 is 10.2 Å². The van der Waals surface area contributed by atoms with Crippen LogP contribution in [0.25, 0.3) is 0 Å². The SMILES string of the molecule is CN(C)C(=O)c1ccc(NC(=O)[C@@H](C#N)C(=O)[C@H]2C[C@H]3CC[C@H]2C3)cc1. The molecule has 6 heteroatoms. The van der Waals surface area contributed by atoms with Crippen molar-refractivity contribution in [3.8, 4) is 6.07 Å². The van der Waals surface area contributed by atoms with Crippen LogP contribution in [0.5, 0.6) is 0 Å². The van der Waals surface area contributed by atoms with E-state index in [9.17, 15) is 19.6 Å². The maximum atomic E-state index is 12.7. The average molecular weight is 353 g/mol. The second-order valence-electron chi connectivity index (χ2n) is 7.51. The smallest absolute Gasteiger partial charge is 0.253 e. The number of carbonyl (C=O) groups is 3. The lowest BCUT2D eigenvalue weighted by atomic mass is 9.81. The number of nitriles is 1. The summed E-state index contributed by atoms with van der Waals surface area (Å²) in [5, 5.41) is 12.0. The molecule has 0 spiro atoms. The van der Waals surface area contributed by atoms with Crippen molar-refractivity contribution in [3.05, 3.63) is 29.8 Å². The minimum Gasteiger partial charge on any atom is -0.345 e. The lowest BCUT2D eigenvalue weighted by Gasteiger charge is -2.22. The predicted octanol–water partition coefficient (Wildman–Crippen LogP) is 2.47. The summed E-state index contributed by atoms with van der Waals surface area (Å²) in [5.74, 6) is -1.47. The van der Waals surface area contributed by atoms with Gasteiger partial charge in [0.25, 0.3) is 5.91 Å². The fourth-order valence-corrected chi connectivity index (χ4v) is 4.23. The number of ketones is 1. The molecule has 26 heavy (non-hydrogen) atoms. The Morgan fingerprint density at radius 2 is 1.85 bits per heavy atom. The van der Waals surface area contributed by atoms with Gasteiger partial charge >= 0.3 is 0 Å². The lowest BCUT2D eigenvalue weighted by molar-refractivity contribution is -0.132. The van der Waals surface area contributed by atoms with Crippen LogP contribution in [-0.2, 0) is 9.59 Å². The molecule has 1 aromatic rings. The molecule has 2 fully saturated rings. The van der Waals surface area contributed by atoms with Crippen LogP contribution in [-0.4, -0.2) is 36.6 Å². The number of anilines is 1. The van der Waals surface area contributed by atoms with Gasteiger partial charge in [-0.2, -0.15) is 5.26 Å². The third kappa shape index (κ3) is 3.48. The van der Waals surface area contributed by atoms with Crippen LogP contribution in [0.15, 0.2) is 24.3 Å². The molecule has 6 nitrogen and oxygen atoms in total. The molecule has 2 aliphatic rings. The van der Waals surface area contributed by atoms with E-state index in [1.165, 1.54) is 4.90 Å². The Hall–Kier alpha value is -2.68. The van der Waals surface area contributed by atoms with Gasteiger partial charge in [0.05, 0.1) is 6.07 Å². The van der Waals surface area contributed by atoms with Gasteiger partial charge in [0, 0.05) is 31.3 Å². The van der Waals surface area contributed by atoms with Crippen molar-refractivity contribution in [2.24, 2.45) is 23.7 Å². The minimum absolute atomic E-state index is 0.135. The average Bonchev–Trinajstić information content (AvgIpc) is 3.25. The maximum absolute atomic E-state index is 12.7. The fraction of sp³-hybridized carbons (Fsp3) is 0.500. The molecule has 0 heterocycles. The number of rotatable bonds is 5. The van der Waals surface area contributed by atoms with E-state index in [2.05, 4.69) is 5.32 Å². The summed E-state index contributed by atoms with van der Waals surface area (Å²) in [6, 6.07) is 8.30. The normalized spacial score (nSPS) is 24.6. The molecule has 2 aliphatic carbocycles. The number of amides is 2. The first-order valence-corrected chi connectivity index (χ1v) is 8.96. The highest BCUT2D eigenvalue weighted by Crippen LogP contribution is 2.49. The number of hydrogen-bond donors (Lipinski definition) is 1. The molecule has 2 saturated carbocycles. The van der Waals surface area contributed by atoms with Crippen LogP contribution in [0.4, 0.5) is 5.69 Å². The molecule has 2 bridgehead atoms. The van der Waals surface area contributed by atoms with Gasteiger partial charge in [0.1, 0.15) is 0 Å². The summed E-state index contributed by atoms with van der Waals surface area (Å²) in [6.07, 6.45) is 4.06. The number of benzene rings is 1. The molecule has 0 radical (unpaired) electrons. The standard InChI is InChI=1S/C20H23N3O3/c1-23(2)20(26)13-5-7-15(8-6-13)22-19(25)17(11-21)18(24)16-10-12-3-4-14(16)9-12/h5-8,12,14,16-17H,3-4,9-10H2,1-2H3,(H,22,25)/t12-,14-,16-,17-/m0/s1. The topological polar surface area (TPSA) is 90.3 Å². The van der Waals surface area contributed by atoms with Crippen LogP contribution in [0.1, 0.15) is 36.0 Å². The van der Waals surface area contributed by atoms with E-state index in [0.29, 0.717) is 23.1 Å². The highest BCUT2D eigenvalue weighted by molar-refractivity contribution is 6.10. The zero-order chi connectivity index (χ0) is 18.8. The molecule has 0 saturated heterocycles. The molecule has 4 atom stereocenters. The van der Waals surface area contributed by atoms with Gasteiger partial charge in [-0.3, -0.25) is 14.4 Å². The Morgan fingerprint density at radius 3 is 2.35 bits per heavy atom. The minimum atomic E-state index is -1.28. The number of carbonyl (C=O) groups excluding carboxylic acids is 3. The number of fused-ring (bicyclic) bond motifs is 2. The molecule has 3 rings (SSSR count). The van der Waals surface area contributed by atoms with Gasteiger partial charge in [0.15, 0.2) is 11.7 Å². The van der Waals surface area contributed by atoms with E-state index >= 15 is 0 Å². The number of Topliss-reactive ketones (excluding diaryl/α,β-unsaturated/α-hetero) is 1. The van der Waals surface area contributed by atoms with Crippen molar-refractivity contribution >= 4 is 23.3 Å². The van der Waals surface area contributed by atoms with E-state index in [-0.39, 0.29) is 17.6 Å². The van der Waals surface area contributed by atoms with Crippen molar-refractivity contribution in [3.63, 3.8) is 0 Å². The lowest BCUT2D eigenvalue weighted by Crippen LogP contribution is -2.35. The Bertz CT molecular complexity index is 764. The third-order valence-electron chi connectivity index (χ3n) is 5.58. The van der Waals surface area contributed by atoms with Crippen molar-refractivity contribution < 1.29 is 14.4 Å². The molecule has 1 N–H and O–H groups in total. The molecular weight excluding hydrogens is 330 g/mol. The highest BCUT2D eigenvalue weighted by atomic mass is 16.2. The van der Waals surface area contributed by atoms with E-state index in [4.69, 9.17) is 0 Å². The second kappa shape index (κ2) is 7.28. The largest absolute Gasteiger partial charge is 0.345 e. The van der Waals surface area contributed by atoms with Crippen LogP contribution in [0.2, 0.25) is 0 Å². The van der Waals surface area contributed by atoms with Crippen LogP contribution < -0.4 is 5.32 Å². The Balaban J connectivity index is 1.65. The first-order valence-electron chi connectivity index (χ1n) is 8.96. The molecule has 0 aromatic heterocycles. The molecule has 2 amide bonds. The quantitative estimate of drug-likeness (QED) is 0.823. The highest BCUT2D eigenvalue weighted by Gasteiger charge is 2.46. The van der Waals surface area contributed by atoms with Gasteiger partial charge in [-0.1, -0.05) is 6.42 Å². The Kier molecular flexibility index (Phi) is 5.08. The Morgan fingerprint density at radius 1 is 1.15 bits per heavy atom. The molecule has 1 aromatic carbocycles. The van der Waals surface area contributed by atoms with Crippen molar-refractivity contribution in [1.82, 2.24) is 4.90 Å². The van der Waals surface area contributed by atoms with Gasteiger partial charge in [-0.15, -0.1) is 0 Å². The summed E-state index contributed by atoms with van der Waals surface area (Å²) in [7, 11) is 3.33. The second-order valence-corrected chi connectivity index (χ2v) is 7.51. The molecule has 136 valence electrons. The molecular formula is C20H23N3O3. The predicted molar refractivity (Wildman–Crippen MR) is 96.1 cm³/mol.